The highest BCUT2D eigenvalue weighted by Gasteiger charge is 2.04. The van der Waals surface area contributed by atoms with Crippen LogP contribution in [-0.4, -0.2) is 16.3 Å². The summed E-state index contributed by atoms with van der Waals surface area (Å²) < 4.78 is 1.98. The van der Waals surface area contributed by atoms with Gasteiger partial charge in [-0.15, -0.1) is 0 Å². The molecule has 2 aromatic rings. The number of aryl methyl sites for hydroxylation is 2. The molecule has 3 heteroatoms. The molecule has 1 unspecified atom stereocenters. The molecule has 1 aromatic carbocycles. The van der Waals surface area contributed by atoms with Gasteiger partial charge >= 0.3 is 0 Å². The van der Waals surface area contributed by atoms with Crippen LogP contribution in [0.2, 0.25) is 0 Å². The number of nitrogens with zero attached hydrogens (tertiary/aromatic N) is 2. The molecule has 0 saturated heterocycles. The Morgan fingerprint density at radius 2 is 2.05 bits per heavy atom. The van der Waals surface area contributed by atoms with E-state index in [0.717, 1.165) is 19.5 Å². The third-order valence-corrected chi connectivity index (χ3v) is 3.59. The highest BCUT2D eigenvalue weighted by atomic mass is 15.3. The van der Waals surface area contributed by atoms with Crippen LogP contribution in [-0.2, 0) is 13.0 Å². The normalized spacial score (nSPS) is 12.5. The van der Waals surface area contributed by atoms with Crippen molar-refractivity contribution in [2.45, 2.75) is 45.7 Å². The molecule has 0 fully saturated rings. The first kappa shape index (κ1) is 14.8. The van der Waals surface area contributed by atoms with Gasteiger partial charge in [0, 0.05) is 25.0 Å². The van der Waals surface area contributed by atoms with Gasteiger partial charge in [0.2, 0.25) is 0 Å². The molecular formula is C17H25N3. The monoisotopic (exact) mass is 271 g/mol. The van der Waals surface area contributed by atoms with Gasteiger partial charge in [0.1, 0.15) is 0 Å². The van der Waals surface area contributed by atoms with Gasteiger partial charge in [0.15, 0.2) is 0 Å². The maximum atomic E-state index is 4.21. The van der Waals surface area contributed by atoms with Crippen LogP contribution in [0.15, 0.2) is 42.7 Å². The Kier molecular flexibility index (Phi) is 5.81. The third-order valence-electron chi connectivity index (χ3n) is 3.59. The lowest BCUT2D eigenvalue weighted by molar-refractivity contribution is 0.507. The standard InChI is InChI=1S/C17H25N3/c1-3-6-16-7-9-17(10-8-16)15(2)18-11-4-13-20-14-5-12-19-20/h5,7-10,12,14-15,18H,3-4,6,11,13H2,1-2H3. The van der Waals surface area contributed by atoms with Crippen LogP contribution >= 0.6 is 0 Å². The molecule has 0 aliphatic rings. The van der Waals surface area contributed by atoms with Crippen LogP contribution in [0.25, 0.3) is 0 Å². The van der Waals surface area contributed by atoms with E-state index in [1.54, 1.807) is 0 Å². The Morgan fingerprint density at radius 3 is 2.70 bits per heavy atom. The molecule has 2 rings (SSSR count). The molecule has 20 heavy (non-hydrogen) atoms. The highest BCUT2D eigenvalue weighted by molar-refractivity contribution is 5.24. The van der Waals surface area contributed by atoms with Crippen LogP contribution in [0.1, 0.15) is 43.9 Å². The lowest BCUT2D eigenvalue weighted by atomic mass is 10.0. The molecule has 1 aromatic heterocycles. The van der Waals surface area contributed by atoms with E-state index < -0.39 is 0 Å². The first-order valence-electron chi connectivity index (χ1n) is 7.59. The quantitative estimate of drug-likeness (QED) is 0.744. The van der Waals surface area contributed by atoms with Gasteiger partial charge < -0.3 is 5.32 Å². The Morgan fingerprint density at radius 1 is 1.25 bits per heavy atom. The van der Waals surface area contributed by atoms with Crippen molar-refractivity contribution in [1.29, 1.82) is 0 Å². The van der Waals surface area contributed by atoms with Crippen molar-refractivity contribution in [3.05, 3.63) is 53.9 Å². The van der Waals surface area contributed by atoms with E-state index in [1.807, 2.05) is 23.1 Å². The van der Waals surface area contributed by atoms with E-state index in [1.165, 1.54) is 24.0 Å². The maximum Gasteiger partial charge on any atom is 0.0489 e. The summed E-state index contributed by atoms with van der Waals surface area (Å²) in [6.07, 6.45) is 7.32. The summed E-state index contributed by atoms with van der Waals surface area (Å²) >= 11 is 0. The van der Waals surface area contributed by atoms with Crippen LogP contribution in [0.4, 0.5) is 0 Å². The summed E-state index contributed by atoms with van der Waals surface area (Å²) in [6.45, 7) is 6.43. The number of nitrogens with one attached hydrogen (secondary N) is 1. The molecular weight excluding hydrogens is 246 g/mol. The third kappa shape index (κ3) is 4.49. The Bertz CT molecular complexity index is 473. The highest BCUT2D eigenvalue weighted by Crippen LogP contribution is 2.14. The summed E-state index contributed by atoms with van der Waals surface area (Å²) in [4.78, 5) is 0. The van der Waals surface area contributed by atoms with Gasteiger partial charge in [-0.05, 0) is 43.5 Å². The zero-order valence-corrected chi connectivity index (χ0v) is 12.5. The largest absolute Gasteiger partial charge is 0.310 e. The van der Waals surface area contributed by atoms with E-state index in [4.69, 9.17) is 0 Å². The lowest BCUT2D eigenvalue weighted by Crippen LogP contribution is -2.21. The fraction of sp³-hybridized carbons (Fsp3) is 0.471. The number of hydrogen-bond donors (Lipinski definition) is 1. The Balaban J connectivity index is 1.72. The first-order chi connectivity index (χ1) is 9.79. The molecule has 1 atom stereocenters. The van der Waals surface area contributed by atoms with E-state index in [0.29, 0.717) is 6.04 Å². The smallest absolute Gasteiger partial charge is 0.0489 e. The van der Waals surface area contributed by atoms with Crippen molar-refractivity contribution >= 4 is 0 Å². The summed E-state index contributed by atoms with van der Waals surface area (Å²) in [5.41, 5.74) is 2.80. The molecule has 0 bridgehead atoms. The predicted molar refractivity (Wildman–Crippen MR) is 83.7 cm³/mol. The molecule has 3 nitrogen and oxygen atoms in total. The lowest BCUT2D eigenvalue weighted by Gasteiger charge is -2.14. The molecule has 1 N–H and O–H groups in total. The van der Waals surface area contributed by atoms with Gasteiger partial charge in [-0.1, -0.05) is 37.6 Å². The maximum absolute atomic E-state index is 4.21. The van der Waals surface area contributed by atoms with Gasteiger partial charge in [-0.25, -0.2) is 0 Å². The second-order valence-corrected chi connectivity index (χ2v) is 5.29. The number of hydrogen-bond acceptors (Lipinski definition) is 2. The fourth-order valence-corrected chi connectivity index (χ4v) is 2.37. The molecule has 0 radical (unpaired) electrons. The first-order valence-corrected chi connectivity index (χ1v) is 7.59. The summed E-state index contributed by atoms with van der Waals surface area (Å²) in [6, 6.07) is 11.4. The average molecular weight is 271 g/mol. The fourth-order valence-electron chi connectivity index (χ4n) is 2.37. The second kappa shape index (κ2) is 7.85. The Labute approximate surface area is 122 Å². The van der Waals surface area contributed by atoms with Gasteiger partial charge in [0.05, 0.1) is 0 Å². The molecule has 108 valence electrons. The number of aromatic nitrogens is 2. The Hall–Kier alpha value is -1.61. The number of rotatable bonds is 8. The van der Waals surface area contributed by atoms with Gasteiger partial charge in [-0.2, -0.15) is 5.10 Å². The summed E-state index contributed by atoms with van der Waals surface area (Å²) in [7, 11) is 0. The van der Waals surface area contributed by atoms with Crippen molar-refractivity contribution in [1.82, 2.24) is 15.1 Å². The summed E-state index contributed by atoms with van der Waals surface area (Å²) in [5.74, 6) is 0. The SMILES string of the molecule is CCCc1ccc(C(C)NCCCn2cccn2)cc1. The van der Waals surface area contributed by atoms with Crippen molar-refractivity contribution < 1.29 is 0 Å². The minimum atomic E-state index is 0.406. The van der Waals surface area contributed by atoms with Crippen molar-refractivity contribution in [3.8, 4) is 0 Å². The van der Waals surface area contributed by atoms with Gasteiger partial charge in [-0.3, -0.25) is 4.68 Å². The zero-order chi connectivity index (χ0) is 14.2. The van der Waals surface area contributed by atoms with Crippen LogP contribution in [0.5, 0.6) is 0 Å². The van der Waals surface area contributed by atoms with E-state index >= 15 is 0 Å². The molecule has 0 spiro atoms. The van der Waals surface area contributed by atoms with Crippen LogP contribution in [0, 0.1) is 0 Å². The number of benzene rings is 1. The van der Waals surface area contributed by atoms with E-state index in [-0.39, 0.29) is 0 Å². The van der Waals surface area contributed by atoms with Crippen molar-refractivity contribution in [2.24, 2.45) is 0 Å². The van der Waals surface area contributed by atoms with Crippen LogP contribution in [0.3, 0.4) is 0 Å². The molecule has 0 aliphatic carbocycles. The van der Waals surface area contributed by atoms with Gasteiger partial charge in [0.25, 0.3) is 0 Å². The topological polar surface area (TPSA) is 29.9 Å². The predicted octanol–water partition coefficient (Wildman–Crippen LogP) is 3.58. The second-order valence-electron chi connectivity index (χ2n) is 5.29. The van der Waals surface area contributed by atoms with Crippen molar-refractivity contribution in [2.75, 3.05) is 6.54 Å². The molecule has 0 amide bonds. The minimum Gasteiger partial charge on any atom is -0.310 e. The van der Waals surface area contributed by atoms with E-state index in [2.05, 4.69) is 48.5 Å². The van der Waals surface area contributed by atoms with Crippen LogP contribution < -0.4 is 5.32 Å². The molecule has 1 heterocycles. The molecule has 0 saturated carbocycles. The van der Waals surface area contributed by atoms with E-state index in [9.17, 15) is 0 Å². The van der Waals surface area contributed by atoms with Crippen molar-refractivity contribution in [3.63, 3.8) is 0 Å². The zero-order valence-electron chi connectivity index (χ0n) is 12.5. The minimum absolute atomic E-state index is 0.406. The summed E-state index contributed by atoms with van der Waals surface area (Å²) in [5, 5.41) is 7.78. The average Bonchev–Trinajstić information content (AvgIpc) is 2.98. The molecule has 0 aliphatic heterocycles.